The molecule has 0 unspecified atom stereocenters. The van der Waals surface area contributed by atoms with Crippen molar-refractivity contribution >= 4 is 33.2 Å². The van der Waals surface area contributed by atoms with Crippen LogP contribution in [0.2, 0.25) is 0 Å². The van der Waals surface area contributed by atoms with Crippen molar-refractivity contribution < 1.29 is 9.84 Å². The summed E-state index contributed by atoms with van der Waals surface area (Å²) in [6, 6.07) is 17.7. The minimum atomic E-state index is 0.651. The summed E-state index contributed by atoms with van der Waals surface area (Å²) in [6.45, 7) is 8.56. The lowest BCUT2D eigenvalue weighted by Crippen LogP contribution is -2.53. The van der Waals surface area contributed by atoms with Crippen LogP contribution in [0.5, 0.6) is 5.75 Å². The fraction of sp³-hybridized carbons (Fsp3) is 0.400. The van der Waals surface area contributed by atoms with Crippen LogP contribution in [0.25, 0.3) is 21.8 Å². The predicted molar refractivity (Wildman–Crippen MR) is 152 cm³/mol. The zero-order chi connectivity index (χ0) is 25.8. The van der Waals surface area contributed by atoms with Crippen molar-refractivity contribution in [3.8, 4) is 5.75 Å². The van der Waals surface area contributed by atoms with Gasteiger partial charge in [-0.1, -0.05) is 18.2 Å². The Balaban J connectivity index is 0.00000137. The first-order valence-electron chi connectivity index (χ1n) is 13.2. The van der Waals surface area contributed by atoms with Gasteiger partial charge in [-0.15, -0.1) is 0 Å². The Morgan fingerprint density at radius 2 is 1.46 bits per heavy atom. The maximum absolute atomic E-state index is 7.00. The van der Waals surface area contributed by atoms with E-state index in [9.17, 15) is 0 Å². The number of aromatic nitrogens is 2. The number of nitrogens with zero attached hydrogens (tertiary/aromatic N) is 5. The van der Waals surface area contributed by atoms with E-state index in [1.807, 2.05) is 24.5 Å². The van der Waals surface area contributed by atoms with Gasteiger partial charge in [-0.25, -0.2) is 0 Å². The average Bonchev–Trinajstić information content (AvgIpc) is 2.98. The quantitative estimate of drug-likeness (QED) is 0.444. The van der Waals surface area contributed by atoms with Crippen LogP contribution in [0.1, 0.15) is 18.4 Å². The van der Waals surface area contributed by atoms with Gasteiger partial charge in [0.1, 0.15) is 5.75 Å². The minimum Gasteiger partial charge on any atom is -0.497 e. The number of fused-ring (bicyclic) bond motifs is 2. The summed E-state index contributed by atoms with van der Waals surface area (Å²) in [4.78, 5) is 17.1. The van der Waals surface area contributed by atoms with Crippen molar-refractivity contribution in [3.05, 3.63) is 66.5 Å². The molecule has 2 aliphatic heterocycles. The van der Waals surface area contributed by atoms with E-state index < -0.39 is 0 Å². The maximum Gasteiger partial charge on any atom is 0.121 e. The average molecular weight is 500 g/mol. The van der Waals surface area contributed by atoms with Gasteiger partial charge in [0.2, 0.25) is 0 Å². The normalized spacial score (nSPS) is 17.1. The lowest BCUT2D eigenvalue weighted by Gasteiger charge is -2.44. The van der Waals surface area contributed by atoms with Crippen LogP contribution in [0.15, 0.2) is 60.9 Å². The van der Waals surface area contributed by atoms with Crippen LogP contribution in [0, 0.1) is 6.92 Å². The molecule has 1 N–H and O–H groups in total. The molecule has 6 rings (SSSR count). The number of rotatable bonds is 4. The number of piperazine rings is 1. The molecule has 0 bridgehead atoms. The van der Waals surface area contributed by atoms with Gasteiger partial charge < -0.3 is 19.6 Å². The molecule has 2 saturated heterocycles. The number of benzene rings is 2. The largest absolute Gasteiger partial charge is 0.497 e. The van der Waals surface area contributed by atoms with Crippen molar-refractivity contribution in [2.24, 2.45) is 0 Å². The second-order valence-corrected chi connectivity index (χ2v) is 9.76. The zero-order valence-electron chi connectivity index (χ0n) is 22.1. The van der Waals surface area contributed by atoms with Crippen molar-refractivity contribution in [3.63, 3.8) is 0 Å². The molecule has 0 aliphatic carbocycles. The van der Waals surface area contributed by atoms with Crippen LogP contribution >= 0.6 is 0 Å². The topological polar surface area (TPSA) is 65.0 Å². The molecule has 0 radical (unpaired) electrons. The number of methoxy groups -OCH3 is 1. The van der Waals surface area contributed by atoms with Crippen LogP contribution in [-0.4, -0.2) is 79.5 Å². The molecule has 37 heavy (non-hydrogen) atoms. The van der Waals surface area contributed by atoms with Gasteiger partial charge >= 0.3 is 0 Å². The van der Waals surface area contributed by atoms with E-state index in [1.165, 1.54) is 35.2 Å². The molecule has 2 fully saturated rings. The maximum atomic E-state index is 7.00. The standard InChI is InChI=1S/C29H33N5O.CH4O/c1-21-7-8-26(29-25(21)6-4-12-31-29)33-13-9-23(10-14-33)32-15-17-34(18-16-32)27-20-24(35-2)19-22-5-3-11-30-28(22)27;1-2/h3-8,11-12,19-20,23H,9-10,13-18H2,1-2H3;2H,1H3. The Bertz CT molecular complexity index is 1340. The Hall–Kier alpha value is -3.42. The van der Waals surface area contributed by atoms with E-state index in [-0.39, 0.29) is 0 Å². The van der Waals surface area contributed by atoms with Crippen molar-refractivity contribution in [2.75, 3.05) is 63.3 Å². The first-order chi connectivity index (χ1) is 18.2. The Kier molecular flexibility index (Phi) is 7.72. The van der Waals surface area contributed by atoms with E-state index in [0.717, 1.165) is 68.5 Å². The van der Waals surface area contributed by atoms with Crippen molar-refractivity contribution in [2.45, 2.75) is 25.8 Å². The van der Waals surface area contributed by atoms with Gasteiger partial charge in [-0.2, -0.15) is 0 Å². The van der Waals surface area contributed by atoms with E-state index in [4.69, 9.17) is 14.8 Å². The summed E-state index contributed by atoms with van der Waals surface area (Å²) in [5.41, 5.74) is 5.97. The lowest BCUT2D eigenvalue weighted by molar-refractivity contribution is 0.160. The van der Waals surface area contributed by atoms with Crippen molar-refractivity contribution in [1.29, 1.82) is 0 Å². The highest BCUT2D eigenvalue weighted by Crippen LogP contribution is 2.33. The fourth-order valence-electron chi connectivity index (χ4n) is 5.86. The number of aryl methyl sites for hydroxylation is 1. The highest BCUT2D eigenvalue weighted by molar-refractivity contribution is 5.93. The summed E-state index contributed by atoms with van der Waals surface area (Å²) in [7, 11) is 2.74. The Labute approximate surface area is 219 Å². The van der Waals surface area contributed by atoms with Gasteiger partial charge in [0, 0.05) is 81.7 Å². The first-order valence-corrected chi connectivity index (χ1v) is 13.2. The number of aliphatic hydroxyl groups excluding tert-OH is 1. The van der Waals surface area contributed by atoms with E-state index in [2.05, 4.69) is 63.0 Å². The molecule has 0 saturated carbocycles. The number of anilines is 2. The second kappa shape index (κ2) is 11.3. The summed E-state index contributed by atoms with van der Waals surface area (Å²) >= 11 is 0. The molecule has 0 spiro atoms. The molecule has 7 heteroatoms. The SMILES string of the molecule is CO.COc1cc(N2CCN(C3CCN(c4ccc(C)c5cccnc45)CC3)CC2)c2ncccc2c1. The molecular weight excluding hydrogens is 462 g/mol. The van der Waals surface area contributed by atoms with Gasteiger partial charge in [0.25, 0.3) is 0 Å². The van der Waals surface area contributed by atoms with Gasteiger partial charge in [-0.05, 0) is 49.6 Å². The van der Waals surface area contributed by atoms with E-state index in [0.29, 0.717) is 6.04 Å². The number of pyridine rings is 2. The summed E-state index contributed by atoms with van der Waals surface area (Å²) < 4.78 is 5.58. The molecule has 4 heterocycles. The summed E-state index contributed by atoms with van der Waals surface area (Å²) in [5, 5.41) is 9.40. The molecule has 2 aliphatic rings. The highest BCUT2D eigenvalue weighted by atomic mass is 16.5. The highest BCUT2D eigenvalue weighted by Gasteiger charge is 2.29. The van der Waals surface area contributed by atoms with Crippen LogP contribution in [-0.2, 0) is 0 Å². The smallest absolute Gasteiger partial charge is 0.121 e. The van der Waals surface area contributed by atoms with Crippen molar-refractivity contribution in [1.82, 2.24) is 14.9 Å². The summed E-state index contributed by atoms with van der Waals surface area (Å²) in [6.07, 6.45) is 6.20. The third-order valence-electron chi connectivity index (χ3n) is 7.84. The van der Waals surface area contributed by atoms with Gasteiger partial charge in [0.15, 0.2) is 0 Å². The predicted octanol–water partition coefficient (Wildman–Crippen LogP) is 4.50. The van der Waals surface area contributed by atoms with E-state index >= 15 is 0 Å². The monoisotopic (exact) mass is 499 g/mol. The Morgan fingerprint density at radius 3 is 2.19 bits per heavy atom. The minimum absolute atomic E-state index is 0.651. The van der Waals surface area contributed by atoms with Crippen LogP contribution in [0.3, 0.4) is 0 Å². The number of hydrogen-bond acceptors (Lipinski definition) is 7. The van der Waals surface area contributed by atoms with E-state index in [1.54, 1.807) is 7.11 Å². The molecule has 4 aromatic rings. The third-order valence-corrected chi connectivity index (χ3v) is 7.84. The van der Waals surface area contributed by atoms with Crippen LogP contribution < -0.4 is 14.5 Å². The molecule has 0 amide bonds. The second-order valence-electron chi connectivity index (χ2n) is 9.76. The number of piperidine rings is 1. The fourth-order valence-corrected chi connectivity index (χ4v) is 5.86. The van der Waals surface area contributed by atoms with Gasteiger partial charge in [-0.3, -0.25) is 14.9 Å². The molecular formula is C30H37N5O2. The molecule has 2 aromatic heterocycles. The number of aliphatic hydroxyl groups is 1. The lowest BCUT2D eigenvalue weighted by atomic mass is 10.00. The number of ether oxygens (including phenoxy) is 1. The number of hydrogen-bond donors (Lipinski definition) is 1. The van der Waals surface area contributed by atoms with Crippen LogP contribution in [0.4, 0.5) is 11.4 Å². The third kappa shape index (κ3) is 5.06. The van der Waals surface area contributed by atoms with Gasteiger partial charge in [0.05, 0.1) is 29.5 Å². The Morgan fingerprint density at radius 1 is 0.784 bits per heavy atom. The zero-order valence-corrected chi connectivity index (χ0v) is 22.1. The first kappa shape index (κ1) is 25.2. The summed E-state index contributed by atoms with van der Waals surface area (Å²) in [5.74, 6) is 0.897. The molecule has 194 valence electrons. The molecule has 2 aromatic carbocycles. The molecule has 0 atom stereocenters. The molecule has 7 nitrogen and oxygen atoms in total.